The first-order valence-electron chi connectivity index (χ1n) is 4.79. The summed E-state index contributed by atoms with van der Waals surface area (Å²) in [6.07, 6.45) is 0. The Labute approximate surface area is 107 Å². The van der Waals surface area contributed by atoms with E-state index in [1.54, 1.807) is 17.8 Å². The Bertz CT molecular complexity index is 373. The summed E-state index contributed by atoms with van der Waals surface area (Å²) in [7, 11) is 0. The van der Waals surface area contributed by atoms with Crippen molar-refractivity contribution < 1.29 is 9.66 Å². The molecule has 0 atom stereocenters. The number of halogens is 1. The van der Waals surface area contributed by atoms with Crippen LogP contribution in [-0.4, -0.2) is 23.0 Å². The first-order chi connectivity index (χ1) is 7.65. The average Bonchev–Trinajstić information content (AvgIpc) is 2.26. The van der Waals surface area contributed by atoms with Gasteiger partial charge in [0, 0.05) is 11.8 Å². The lowest BCUT2D eigenvalue weighted by molar-refractivity contribution is -0.384. The Morgan fingerprint density at radius 2 is 2.31 bits per heavy atom. The zero-order chi connectivity index (χ0) is 12.0. The number of non-ortho nitro benzene ring substituents is 1. The highest BCUT2D eigenvalue weighted by molar-refractivity contribution is 9.10. The highest BCUT2D eigenvalue weighted by Crippen LogP contribution is 2.29. The zero-order valence-corrected chi connectivity index (χ0v) is 11.2. The second kappa shape index (κ2) is 6.75. The second-order valence-corrected chi connectivity index (χ2v) is 5.17. The minimum atomic E-state index is -0.430. The minimum absolute atomic E-state index is 0.0429. The summed E-state index contributed by atoms with van der Waals surface area (Å²) in [5.41, 5.74) is 0.0429. The van der Waals surface area contributed by atoms with Crippen molar-refractivity contribution >= 4 is 33.4 Å². The van der Waals surface area contributed by atoms with E-state index < -0.39 is 4.92 Å². The third kappa shape index (κ3) is 4.02. The van der Waals surface area contributed by atoms with Gasteiger partial charge >= 0.3 is 0 Å². The maximum absolute atomic E-state index is 10.6. The molecule has 0 amide bonds. The van der Waals surface area contributed by atoms with Crippen LogP contribution in [0.1, 0.15) is 6.92 Å². The molecule has 0 aliphatic heterocycles. The van der Waals surface area contributed by atoms with Crippen LogP contribution in [0, 0.1) is 10.1 Å². The fourth-order valence-corrected chi connectivity index (χ4v) is 1.92. The minimum Gasteiger partial charge on any atom is -0.491 e. The Kier molecular flexibility index (Phi) is 5.62. The molecule has 0 radical (unpaired) electrons. The van der Waals surface area contributed by atoms with Gasteiger partial charge in [0.15, 0.2) is 0 Å². The van der Waals surface area contributed by atoms with Crippen molar-refractivity contribution in [1.29, 1.82) is 0 Å². The Morgan fingerprint density at radius 3 is 2.94 bits per heavy atom. The van der Waals surface area contributed by atoms with Crippen LogP contribution in [0.5, 0.6) is 5.75 Å². The molecule has 0 N–H and O–H groups in total. The van der Waals surface area contributed by atoms with Crippen LogP contribution >= 0.6 is 27.7 Å². The van der Waals surface area contributed by atoms with Gasteiger partial charge in [-0.2, -0.15) is 11.8 Å². The molecule has 0 spiro atoms. The SMILES string of the molecule is CCSCCOc1cc([N+](=O)[O-])ccc1Br. The normalized spacial score (nSPS) is 10.1. The summed E-state index contributed by atoms with van der Waals surface area (Å²) in [5, 5.41) is 10.6. The van der Waals surface area contributed by atoms with E-state index in [0.717, 1.165) is 16.0 Å². The number of rotatable bonds is 6. The van der Waals surface area contributed by atoms with Gasteiger partial charge in [-0.15, -0.1) is 0 Å². The molecule has 0 bridgehead atoms. The van der Waals surface area contributed by atoms with Gasteiger partial charge in [0.05, 0.1) is 22.1 Å². The van der Waals surface area contributed by atoms with Crippen LogP contribution in [-0.2, 0) is 0 Å². The van der Waals surface area contributed by atoms with Crippen LogP contribution in [0.3, 0.4) is 0 Å². The van der Waals surface area contributed by atoms with Crippen molar-refractivity contribution in [1.82, 2.24) is 0 Å². The van der Waals surface area contributed by atoms with Gasteiger partial charge in [0.25, 0.3) is 5.69 Å². The summed E-state index contributed by atoms with van der Waals surface area (Å²) in [6, 6.07) is 4.50. The largest absolute Gasteiger partial charge is 0.491 e. The van der Waals surface area contributed by atoms with Gasteiger partial charge in [0.1, 0.15) is 5.75 Å². The number of hydrogen-bond donors (Lipinski definition) is 0. The molecular formula is C10H12BrNO3S. The molecule has 0 unspecified atom stereocenters. The topological polar surface area (TPSA) is 52.4 Å². The lowest BCUT2D eigenvalue weighted by Gasteiger charge is -2.07. The van der Waals surface area contributed by atoms with Gasteiger partial charge in [-0.25, -0.2) is 0 Å². The van der Waals surface area contributed by atoms with E-state index >= 15 is 0 Å². The van der Waals surface area contributed by atoms with E-state index in [9.17, 15) is 10.1 Å². The molecule has 88 valence electrons. The van der Waals surface area contributed by atoms with Crippen molar-refractivity contribution in [2.75, 3.05) is 18.1 Å². The number of ether oxygens (including phenoxy) is 1. The van der Waals surface area contributed by atoms with E-state index in [4.69, 9.17) is 4.74 Å². The number of nitro benzene ring substituents is 1. The Balaban J connectivity index is 2.63. The highest BCUT2D eigenvalue weighted by atomic mass is 79.9. The van der Waals surface area contributed by atoms with E-state index in [-0.39, 0.29) is 5.69 Å². The summed E-state index contributed by atoms with van der Waals surface area (Å²) in [4.78, 5) is 10.1. The van der Waals surface area contributed by atoms with Gasteiger partial charge < -0.3 is 4.74 Å². The van der Waals surface area contributed by atoms with Crippen molar-refractivity contribution in [3.63, 3.8) is 0 Å². The zero-order valence-electron chi connectivity index (χ0n) is 8.81. The molecule has 1 aromatic rings. The van der Waals surface area contributed by atoms with E-state index in [1.807, 2.05) is 0 Å². The Hall–Kier alpha value is -0.750. The molecule has 0 heterocycles. The number of hydrogen-bond acceptors (Lipinski definition) is 4. The van der Waals surface area contributed by atoms with E-state index in [0.29, 0.717) is 12.4 Å². The third-order valence-corrected chi connectivity index (χ3v) is 3.33. The van der Waals surface area contributed by atoms with Crippen LogP contribution in [0.15, 0.2) is 22.7 Å². The fraction of sp³-hybridized carbons (Fsp3) is 0.400. The lowest BCUT2D eigenvalue weighted by Crippen LogP contribution is -2.01. The highest BCUT2D eigenvalue weighted by Gasteiger charge is 2.10. The second-order valence-electron chi connectivity index (χ2n) is 2.92. The molecule has 1 aromatic carbocycles. The predicted octanol–water partition coefficient (Wildman–Crippen LogP) is 3.49. The van der Waals surface area contributed by atoms with Crippen LogP contribution < -0.4 is 4.74 Å². The maximum Gasteiger partial charge on any atom is 0.273 e. The number of thioether (sulfide) groups is 1. The maximum atomic E-state index is 10.6. The first-order valence-corrected chi connectivity index (χ1v) is 6.74. The van der Waals surface area contributed by atoms with Crippen LogP contribution in [0.2, 0.25) is 0 Å². The lowest BCUT2D eigenvalue weighted by atomic mass is 10.3. The average molecular weight is 306 g/mol. The van der Waals surface area contributed by atoms with Crippen LogP contribution in [0.25, 0.3) is 0 Å². The molecule has 6 heteroatoms. The van der Waals surface area contributed by atoms with Gasteiger partial charge in [-0.1, -0.05) is 6.92 Å². The quantitative estimate of drug-likeness (QED) is 0.458. The molecule has 0 aliphatic carbocycles. The molecule has 0 aromatic heterocycles. The number of benzene rings is 1. The van der Waals surface area contributed by atoms with E-state index in [1.165, 1.54) is 12.1 Å². The fourth-order valence-electron chi connectivity index (χ4n) is 1.07. The number of nitro groups is 1. The molecule has 0 aliphatic rings. The van der Waals surface area contributed by atoms with E-state index in [2.05, 4.69) is 22.9 Å². The summed E-state index contributed by atoms with van der Waals surface area (Å²) >= 11 is 5.06. The van der Waals surface area contributed by atoms with Crippen LogP contribution in [0.4, 0.5) is 5.69 Å². The van der Waals surface area contributed by atoms with Crippen molar-refractivity contribution in [3.05, 3.63) is 32.8 Å². The molecule has 4 nitrogen and oxygen atoms in total. The molecular weight excluding hydrogens is 294 g/mol. The summed E-state index contributed by atoms with van der Waals surface area (Å²) < 4.78 is 6.19. The van der Waals surface area contributed by atoms with Crippen molar-refractivity contribution in [3.8, 4) is 5.75 Å². The van der Waals surface area contributed by atoms with Crippen molar-refractivity contribution in [2.45, 2.75) is 6.92 Å². The smallest absolute Gasteiger partial charge is 0.273 e. The molecule has 0 saturated carbocycles. The van der Waals surface area contributed by atoms with Gasteiger partial charge in [-0.05, 0) is 27.7 Å². The molecule has 16 heavy (non-hydrogen) atoms. The molecule has 1 rings (SSSR count). The monoisotopic (exact) mass is 305 g/mol. The standard InChI is InChI=1S/C10H12BrNO3S/c1-2-16-6-5-15-10-7-8(12(13)14)3-4-9(10)11/h3-4,7H,2,5-6H2,1H3. The predicted molar refractivity (Wildman–Crippen MR) is 69.3 cm³/mol. The van der Waals surface area contributed by atoms with Crippen molar-refractivity contribution in [2.24, 2.45) is 0 Å². The van der Waals surface area contributed by atoms with Gasteiger partial charge in [0.2, 0.25) is 0 Å². The Morgan fingerprint density at radius 1 is 1.56 bits per heavy atom. The summed E-state index contributed by atoms with van der Waals surface area (Å²) in [5.74, 6) is 2.44. The molecule has 0 saturated heterocycles. The summed E-state index contributed by atoms with van der Waals surface area (Å²) in [6.45, 7) is 2.63. The molecule has 0 fully saturated rings. The van der Waals surface area contributed by atoms with Gasteiger partial charge in [-0.3, -0.25) is 10.1 Å². The first kappa shape index (κ1) is 13.3. The third-order valence-electron chi connectivity index (χ3n) is 1.81. The number of nitrogens with zero attached hydrogens (tertiary/aromatic N) is 1.